The number of aryl methyl sites for hydroxylation is 1. The van der Waals surface area contributed by atoms with E-state index in [0.717, 1.165) is 52.1 Å². The molecule has 0 aliphatic heterocycles. The van der Waals surface area contributed by atoms with E-state index in [4.69, 9.17) is 9.97 Å². The number of hydrogen-bond acceptors (Lipinski definition) is 7. The Morgan fingerprint density at radius 1 is 1.06 bits per heavy atom. The van der Waals surface area contributed by atoms with Crippen molar-refractivity contribution in [3.63, 3.8) is 0 Å². The summed E-state index contributed by atoms with van der Waals surface area (Å²) >= 11 is 0. The number of aliphatic hydroxyl groups is 1. The minimum absolute atomic E-state index is 0.105. The molecular weight excluding hydrogens is 456 g/mol. The van der Waals surface area contributed by atoms with Gasteiger partial charge in [-0.15, -0.1) is 10.2 Å². The lowest BCUT2D eigenvalue weighted by Gasteiger charge is -2.14. The van der Waals surface area contributed by atoms with Crippen LogP contribution in [0.25, 0.3) is 39.1 Å². The number of fused-ring (bicyclic) bond motifs is 4. The molecule has 0 radical (unpaired) electrons. The summed E-state index contributed by atoms with van der Waals surface area (Å²) in [5, 5.41) is 24.6. The molecular formula is C26H30N8O2. The largest absolute Gasteiger partial charge is 0.383 e. The number of aromatic amines is 1. The number of amides is 1. The number of aromatic nitrogens is 6. The van der Waals surface area contributed by atoms with Crippen LogP contribution in [0.2, 0.25) is 0 Å². The van der Waals surface area contributed by atoms with E-state index >= 15 is 0 Å². The Morgan fingerprint density at radius 2 is 1.86 bits per heavy atom. The third-order valence-corrected chi connectivity index (χ3v) is 6.24. The summed E-state index contributed by atoms with van der Waals surface area (Å²) in [7, 11) is 0. The predicted octanol–water partition coefficient (Wildman–Crippen LogP) is 3.45. The Labute approximate surface area is 208 Å². The smallest absolute Gasteiger partial charge is 0.249 e. The zero-order chi connectivity index (χ0) is 25.2. The summed E-state index contributed by atoms with van der Waals surface area (Å²) in [6, 6.07) is 14.0. The summed E-state index contributed by atoms with van der Waals surface area (Å²) < 4.78 is 2.00. The Kier molecular flexibility index (Phi) is 6.51. The number of carbonyl (C=O) groups excluding carboxylic acids is 1. The fourth-order valence-electron chi connectivity index (χ4n) is 4.21. The molecule has 1 amide bonds. The van der Waals surface area contributed by atoms with Crippen molar-refractivity contribution in [2.45, 2.75) is 39.7 Å². The van der Waals surface area contributed by atoms with Crippen LogP contribution in [0.3, 0.4) is 0 Å². The van der Waals surface area contributed by atoms with Crippen LogP contribution in [0.4, 0.5) is 5.82 Å². The van der Waals surface area contributed by atoms with Crippen LogP contribution < -0.4 is 10.6 Å². The normalized spacial score (nSPS) is 12.6. The average molecular weight is 487 g/mol. The van der Waals surface area contributed by atoms with Gasteiger partial charge in [-0.25, -0.2) is 9.97 Å². The number of anilines is 1. The van der Waals surface area contributed by atoms with Gasteiger partial charge in [0.15, 0.2) is 5.82 Å². The summed E-state index contributed by atoms with van der Waals surface area (Å²) in [4.78, 5) is 24.8. The zero-order valence-electron chi connectivity index (χ0n) is 20.6. The summed E-state index contributed by atoms with van der Waals surface area (Å²) in [6.45, 7) is 6.72. The highest BCUT2D eigenvalue weighted by Gasteiger charge is 2.18. The first-order valence-electron chi connectivity index (χ1n) is 12.2. The average Bonchev–Trinajstić information content (AvgIpc) is 3.49. The molecule has 5 rings (SSSR count). The Bertz CT molecular complexity index is 1500. The molecule has 0 aliphatic carbocycles. The first-order chi connectivity index (χ1) is 17.4. The van der Waals surface area contributed by atoms with Crippen LogP contribution in [-0.4, -0.2) is 59.8 Å². The lowest BCUT2D eigenvalue weighted by atomic mass is 10.1. The minimum Gasteiger partial charge on any atom is -0.383 e. The van der Waals surface area contributed by atoms with Crippen molar-refractivity contribution in [2.75, 3.05) is 18.4 Å². The molecule has 186 valence electrons. The highest BCUT2D eigenvalue weighted by molar-refractivity contribution is 5.87. The lowest BCUT2D eigenvalue weighted by Crippen LogP contribution is -2.38. The van der Waals surface area contributed by atoms with Crippen molar-refractivity contribution < 1.29 is 9.90 Å². The van der Waals surface area contributed by atoms with Gasteiger partial charge < -0.3 is 20.7 Å². The molecule has 10 nitrogen and oxygen atoms in total. The standard InChI is InChI=1S/C26H30N8O2/c1-15(2)22(35)26(36)28-13-7-6-12-27-24-25-33-32-16(3)34(25)21-11-10-17(14-20(21)31-24)23-29-18-8-4-5-9-19(18)30-23/h4-5,8-11,14-15,22,35H,6-7,12-13H2,1-3H3,(H,27,31)(H,28,36)(H,29,30). The first-order valence-corrected chi connectivity index (χ1v) is 12.2. The van der Waals surface area contributed by atoms with E-state index < -0.39 is 6.10 Å². The molecule has 0 spiro atoms. The first kappa shape index (κ1) is 23.7. The molecule has 36 heavy (non-hydrogen) atoms. The van der Waals surface area contributed by atoms with Crippen molar-refractivity contribution in [3.05, 3.63) is 48.3 Å². The third kappa shape index (κ3) is 4.59. The van der Waals surface area contributed by atoms with Crippen molar-refractivity contribution in [3.8, 4) is 11.4 Å². The van der Waals surface area contributed by atoms with Gasteiger partial charge in [0.25, 0.3) is 0 Å². The number of aliphatic hydroxyl groups excluding tert-OH is 1. The maximum absolute atomic E-state index is 11.9. The second kappa shape index (κ2) is 9.90. The fraction of sp³-hybridized carbons (Fsp3) is 0.346. The predicted molar refractivity (Wildman–Crippen MR) is 140 cm³/mol. The number of unbranched alkanes of at least 4 members (excludes halogenated alkanes) is 1. The second-order valence-electron chi connectivity index (χ2n) is 9.29. The van der Waals surface area contributed by atoms with Crippen LogP contribution in [0, 0.1) is 12.8 Å². The molecule has 1 atom stereocenters. The van der Waals surface area contributed by atoms with Gasteiger partial charge in [0.2, 0.25) is 11.6 Å². The maximum atomic E-state index is 11.9. The Balaban J connectivity index is 1.33. The van der Waals surface area contributed by atoms with Gasteiger partial charge in [0, 0.05) is 18.7 Å². The molecule has 4 N–H and O–H groups in total. The topological polar surface area (TPSA) is 133 Å². The molecule has 3 aromatic heterocycles. The van der Waals surface area contributed by atoms with Gasteiger partial charge in [-0.1, -0.05) is 26.0 Å². The van der Waals surface area contributed by atoms with Crippen LogP contribution in [0.5, 0.6) is 0 Å². The molecule has 0 aliphatic rings. The monoisotopic (exact) mass is 486 g/mol. The molecule has 1 unspecified atom stereocenters. The van der Waals surface area contributed by atoms with Crippen LogP contribution in [-0.2, 0) is 4.79 Å². The summed E-state index contributed by atoms with van der Waals surface area (Å²) in [6.07, 6.45) is 0.615. The quantitative estimate of drug-likeness (QED) is 0.235. The number of nitrogens with zero attached hydrogens (tertiary/aromatic N) is 5. The highest BCUT2D eigenvalue weighted by atomic mass is 16.3. The SMILES string of the molecule is Cc1nnc2c(NCCCCNC(=O)C(O)C(C)C)nc3cc(-c4nc5ccccc5[nH]4)ccc3n12. The van der Waals surface area contributed by atoms with E-state index in [-0.39, 0.29) is 11.8 Å². The van der Waals surface area contributed by atoms with E-state index in [1.807, 2.05) is 67.6 Å². The number of para-hydroxylation sites is 2. The van der Waals surface area contributed by atoms with E-state index in [2.05, 4.69) is 25.8 Å². The number of imidazole rings is 1. The van der Waals surface area contributed by atoms with Crippen LogP contribution in [0.1, 0.15) is 32.5 Å². The van der Waals surface area contributed by atoms with Gasteiger partial charge in [0.1, 0.15) is 17.8 Å². The molecule has 0 saturated carbocycles. The van der Waals surface area contributed by atoms with Crippen molar-refractivity contribution in [2.24, 2.45) is 5.92 Å². The number of rotatable bonds is 9. The van der Waals surface area contributed by atoms with E-state index in [9.17, 15) is 9.90 Å². The van der Waals surface area contributed by atoms with E-state index in [1.165, 1.54) is 0 Å². The Hall–Kier alpha value is -4.05. The summed E-state index contributed by atoms with van der Waals surface area (Å²) in [5.41, 5.74) is 5.25. The lowest BCUT2D eigenvalue weighted by molar-refractivity contribution is -0.131. The van der Waals surface area contributed by atoms with Gasteiger partial charge in [-0.3, -0.25) is 9.20 Å². The second-order valence-corrected chi connectivity index (χ2v) is 9.29. The molecule has 3 heterocycles. The molecule has 0 bridgehead atoms. The van der Waals surface area contributed by atoms with Gasteiger partial charge in [-0.2, -0.15) is 0 Å². The third-order valence-electron chi connectivity index (χ3n) is 6.24. The fourth-order valence-corrected chi connectivity index (χ4v) is 4.21. The number of benzene rings is 2. The number of hydrogen-bond donors (Lipinski definition) is 4. The Morgan fingerprint density at radius 3 is 2.67 bits per heavy atom. The molecule has 0 saturated heterocycles. The van der Waals surface area contributed by atoms with Crippen LogP contribution in [0.15, 0.2) is 42.5 Å². The maximum Gasteiger partial charge on any atom is 0.249 e. The number of H-pyrrole nitrogens is 1. The van der Waals surface area contributed by atoms with Crippen LogP contribution >= 0.6 is 0 Å². The molecule has 0 fully saturated rings. The van der Waals surface area contributed by atoms with E-state index in [1.54, 1.807) is 0 Å². The van der Waals surface area contributed by atoms with Crippen molar-refractivity contribution >= 4 is 39.4 Å². The van der Waals surface area contributed by atoms with Gasteiger partial charge >= 0.3 is 0 Å². The van der Waals surface area contributed by atoms with Crippen molar-refractivity contribution in [1.29, 1.82) is 0 Å². The summed E-state index contributed by atoms with van der Waals surface area (Å²) in [5.74, 6) is 1.80. The molecule has 10 heteroatoms. The molecule has 5 aromatic rings. The van der Waals surface area contributed by atoms with E-state index in [0.29, 0.717) is 24.6 Å². The minimum atomic E-state index is -0.973. The van der Waals surface area contributed by atoms with Crippen molar-refractivity contribution in [1.82, 2.24) is 34.9 Å². The van der Waals surface area contributed by atoms with Gasteiger partial charge in [0.05, 0.1) is 22.1 Å². The van der Waals surface area contributed by atoms with Gasteiger partial charge in [-0.05, 0) is 56.0 Å². The highest BCUT2D eigenvalue weighted by Crippen LogP contribution is 2.27. The number of nitrogens with one attached hydrogen (secondary N) is 3. The zero-order valence-corrected chi connectivity index (χ0v) is 20.6. The molecule has 2 aromatic carbocycles. The number of carbonyl (C=O) groups is 1.